The molecule has 0 radical (unpaired) electrons. The summed E-state index contributed by atoms with van der Waals surface area (Å²) in [6.45, 7) is 3.66. The van der Waals surface area contributed by atoms with Crippen LogP contribution in [-0.2, 0) is 9.59 Å². The van der Waals surface area contributed by atoms with Crippen molar-refractivity contribution in [2.24, 2.45) is 0 Å². The Hall–Kier alpha value is -3.88. The lowest BCUT2D eigenvalue weighted by Gasteiger charge is -2.16. The molecule has 0 fully saturated rings. The molecular weight excluding hydrogens is 390 g/mol. The van der Waals surface area contributed by atoms with Crippen molar-refractivity contribution in [3.05, 3.63) is 63.2 Å². The minimum atomic E-state index is -0.562. The lowest BCUT2D eigenvalue weighted by Crippen LogP contribution is -2.34. The third kappa shape index (κ3) is 4.57. The Labute approximate surface area is 173 Å². The number of rotatable bonds is 6. The van der Waals surface area contributed by atoms with Gasteiger partial charge in [0.25, 0.3) is 5.69 Å². The van der Waals surface area contributed by atoms with Crippen LogP contribution in [0.3, 0.4) is 0 Å². The maximum atomic E-state index is 12.4. The van der Waals surface area contributed by atoms with E-state index in [4.69, 9.17) is 9.47 Å². The lowest BCUT2D eigenvalue weighted by atomic mass is 10.1. The molecule has 156 valence electrons. The van der Waals surface area contributed by atoms with E-state index in [1.807, 2.05) is 26.0 Å². The van der Waals surface area contributed by atoms with Crippen LogP contribution in [0.15, 0.2) is 36.4 Å². The van der Waals surface area contributed by atoms with E-state index in [9.17, 15) is 19.7 Å². The number of fused-ring (bicyclic) bond motifs is 1. The highest BCUT2D eigenvalue weighted by molar-refractivity contribution is 5.98. The monoisotopic (exact) mass is 411 g/mol. The van der Waals surface area contributed by atoms with Crippen LogP contribution in [0.25, 0.3) is 6.08 Å². The third-order valence-corrected chi connectivity index (χ3v) is 4.76. The van der Waals surface area contributed by atoms with Crippen LogP contribution >= 0.6 is 0 Å². The first kappa shape index (κ1) is 20.8. The summed E-state index contributed by atoms with van der Waals surface area (Å²) in [5.74, 6) is -0.167. The summed E-state index contributed by atoms with van der Waals surface area (Å²) in [6.07, 6.45) is 2.50. The number of hydrogen-bond donors (Lipinski definition) is 1. The number of aryl methyl sites for hydroxylation is 1. The molecule has 0 aromatic heterocycles. The van der Waals surface area contributed by atoms with E-state index >= 15 is 0 Å². The second kappa shape index (κ2) is 8.64. The Bertz CT molecular complexity index is 1050. The summed E-state index contributed by atoms with van der Waals surface area (Å²) < 4.78 is 10.4. The molecule has 0 aliphatic carbocycles. The summed E-state index contributed by atoms with van der Waals surface area (Å²) in [7, 11) is 1.48. The van der Waals surface area contributed by atoms with E-state index in [0.29, 0.717) is 11.4 Å². The normalized spacial score (nSPS) is 12.1. The predicted octanol–water partition coefficient (Wildman–Crippen LogP) is 3.05. The molecule has 2 amide bonds. The molecule has 30 heavy (non-hydrogen) atoms. The molecule has 1 aliphatic rings. The first-order valence-corrected chi connectivity index (χ1v) is 9.13. The fourth-order valence-corrected chi connectivity index (χ4v) is 2.90. The van der Waals surface area contributed by atoms with Gasteiger partial charge in [-0.1, -0.05) is 12.1 Å². The van der Waals surface area contributed by atoms with Crippen LogP contribution in [0.4, 0.5) is 11.4 Å². The Morgan fingerprint density at radius 1 is 1.23 bits per heavy atom. The Morgan fingerprint density at radius 2 is 1.93 bits per heavy atom. The van der Waals surface area contributed by atoms with Crippen molar-refractivity contribution in [1.29, 1.82) is 0 Å². The fourth-order valence-electron chi connectivity index (χ4n) is 2.90. The zero-order chi connectivity index (χ0) is 21.8. The maximum Gasteiger partial charge on any atom is 0.280 e. The first-order valence-electron chi connectivity index (χ1n) is 9.13. The molecule has 1 heterocycles. The van der Waals surface area contributed by atoms with Crippen LogP contribution < -0.4 is 14.8 Å². The van der Waals surface area contributed by atoms with Gasteiger partial charge in [0.1, 0.15) is 0 Å². The average Bonchev–Trinajstić information content (AvgIpc) is 3.16. The van der Waals surface area contributed by atoms with E-state index in [0.717, 1.165) is 11.1 Å². The van der Waals surface area contributed by atoms with E-state index in [2.05, 4.69) is 5.32 Å². The number of nitrogens with zero attached hydrogens (tertiary/aromatic N) is 2. The van der Waals surface area contributed by atoms with Crippen molar-refractivity contribution in [1.82, 2.24) is 4.90 Å². The molecule has 0 unspecified atom stereocenters. The second-order valence-corrected chi connectivity index (χ2v) is 6.84. The number of likely N-dealkylation sites (N-methyl/N-ethyl adjacent to an activating group) is 1. The Kier molecular flexibility index (Phi) is 6.01. The number of carbonyl (C=O) groups is 2. The molecule has 0 atom stereocenters. The van der Waals surface area contributed by atoms with Gasteiger partial charge in [-0.2, -0.15) is 0 Å². The van der Waals surface area contributed by atoms with Gasteiger partial charge in [0, 0.05) is 18.8 Å². The number of benzene rings is 2. The highest BCUT2D eigenvalue weighted by atomic mass is 16.7. The highest BCUT2D eigenvalue weighted by Crippen LogP contribution is 2.38. The number of nitro groups is 1. The number of anilines is 1. The minimum Gasteiger partial charge on any atom is -0.454 e. The van der Waals surface area contributed by atoms with Crippen molar-refractivity contribution in [3.8, 4) is 11.5 Å². The predicted molar refractivity (Wildman–Crippen MR) is 110 cm³/mol. The molecule has 3 rings (SSSR count). The van der Waals surface area contributed by atoms with Gasteiger partial charge >= 0.3 is 0 Å². The second-order valence-electron chi connectivity index (χ2n) is 6.84. The summed E-state index contributed by atoms with van der Waals surface area (Å²) in [5, 5.41) is 14.1. The van der Waals surface area contributed by atoms with Gasteiger partial charge in [-0.05, 0) is 43.2 Å². The van der Waals surface area contributed by atoms with Crippen LogP contribution in [0.2, 0.25) is 0 Å². The van der Waals surface area contributed by atoms with Crippen molar-refractivity contribution >= 4 is 29.3 Å². The number of ether oxygens (including phenoxy) is 2. The minimum absolute atomic E-state index is 0.0170. The third-order valence-electron chi connectivity index (χ3n) is 4.76. The SMILES string of the molecule is Cc1cccc(NC(=O)CN(C)C(=O)/C=C/c2cc3c(cc2[N+](=O)[O-])OCO3)c1C. The smallest absolute Gasteiger partial charge is 0.280 e. The largest absolute Gasteiger partial charge is 0.454 e. The molecule has 1 N–H and O–H groups in total. The van der Waals surface area contributed by atoms with Gasteiger partial charge < -0.3 is 19.7 Å². The molecular formula is C21H21N3O6. The molecule has 9 heteroatoms. The number of amides is 2. The summed E-state index contributed by atoms with van der Waals surface area (Å²) in [4.78, 5) is 36.6. The fraction of sp³-hybridized carbons (Fsp3) is 0.238. The van der Waals surface area contributed by atoms with Gasteiger partial charge in [0.2, 0.25) is 18.6 Å². The topological polar surface area (TPSA) is 111 Å². The van der Waals surface area contributed by atoms with Crippen molar-refractivity contribution in [2.75, 3.05) is 25.7 Å². The Balaban J connectivity index is 1.67. The van der Waals surface area contributed by atoms with Crippen molar-refractivity contribution < 1.29 is 24.0 Å². The number of hydrogen-bond acceptors (Lipinski definition) is 6. The van der Waals surface area contributed by atoms with Gasteiger partial charge in [0.15, 0.2) is 11.5 Å². The van der Waals surface area contributed by atoms with E-state index in [1.165, 1.54) is 36.2 Å². The lowest BCUT2D eigenvalue weighted by molar-refractivity contribution is -0.385. The van der Waals surface area contributed by atoms with Crippen LogP contribution in [-0.4, -0.2) is 42.0 Å². The van der Waals surface area contributed by atoms with Crippen molar-refractivity contribution in [2.45, 2.75) is 13.8 Å². The molecule has 2 aromatic carbocycles. The van der Waals surface area contributed by atoms with E-state index in [1.54, 1.807) is 6.07 Å². The molecule has 2 aromatic rings. The van der Waals surface area contributed by atoms with Crippen LogP contribution in [0, 0.1) is 24.0 Å². The molecule has 1 aliphatic heterocycles. The molecule has 0 bridgehead atoms. The molecule has 0 saturated carbocycles. The number of carbonyl (C=O) groups excluding carboxylic acids is 2. The Morgan fingerprint density at radius 3 is 2.63 bits per heavy atom. The molecule has 9 nitrogen and oxygen atoms in total. The van der Waals surface area contributed by atoms with Gasteiger partial charge in [-0.15, -0.1) is 0 Å². The maximum absolute atomic E-state index is 12.4. The highest BCUT2D eigenvalue weighted by Gasteiger charge is 2.22. The van der Waals surface area contributed by atoms with E-state index in [-0.39, 0.29) is 36.2 Å². The standard InChI is InChI=1S/C21H21N3O6/c1-13-5-4-6-16(14(13)2)22-20(25)11-23(3)21(26)8-7-15-9-18-19(30-12-29-18)10-17(15)24(27)28/h4-10H,11-12H2,1-3H3,(H,22,25)/b8-7+. The quantitative estimate of drug-likeness (QED) is 0.444. The van der Waals surface area contributed by atoms with Crippen LogP contribution in [0.5, 0.6) is 11.5 Å². The number of nitro benzene ring substituents is 1. The van der Waals surface area contributed by atoms with Gasteiger partial charge in [0.05, 0.1) is 23.1 Å². The number of nitrogens with one attached hydrogen (secondary N) is 1. The van der Waals surface area contributed by atoms with Gasteiger partial charge in [-0.3, -0.25) is 19.7 Å². The van der Waals surface area contributed by atoms with Crippen molar-refractivity contribution in [3.63, 3.8) is 0 Å². The first-order chi connectivity index (χ1) is 14.3. The molecule has 0 spiro atoms. The van der Waals surface area contributed by atoms with Gasteiger partial charge in [-0.25, -0.2) is 0 Å². The zero-order valence-electron chi connectivity index (χ0n) is 16.8. The average molecular weight is 411 g/mol. The zero-order valence-corrected chi connectivity index (χ0v) is 16.8. The summed E-state index contributed by atoms with van der Waals surface area (Å²) in [6, 6.07) is 8.28. The summed E-state index contributed by atoms with van der Waals surface area (Å²) in [5.41, 5.74) is 2.68. The molecule has 0 saturated heterocycles. The summed E-state index contributed by atoms with van der Waals surface area (Å²) >= 11 is 0. The van der Waals surface area contributed by atoms with E-state index < -0.39 is 10.8 Å². The van der Waals surface area contributed by atoms with Crippen LogP contribution in [0.1, 0.15) is 16.7 Å².